The van der Waals surface area contributed by atoms with Crippen molar-refractivity contribution in [1.29, 1.82) is 0 Å². The van der Waals surface area contributed by atoms with Crippen LogP contribution in [0.2, 0.25) is 0 Å². The highest BCUT2D eigenvalue weighted by Crippen LogP contribution is 2.09. The molecule has 0 radical (unpaired) electrons. The largest absolute Gasteiger partial charge is 0.355 e. The number of nitrogens with one attached hydrogen (secondary N) is 3. The molecule has 1 aromatic carbocycles. The first-order valence-corrected chi connectivity index (χ1v) is 7.79. The Bertz CT molecular complexity index is 566. The lowest BCUT2D eigenvalue weighted by Gasteiger charge is -2.11. The Labute approximate surface area is 146 Å². The van der Waals surface area contributed by atoms with Gasteiger partial charge < -0.3 is 16.0 Å². The van der Waals surface area contributed by atoms with Crippen molar-refractivity contribution in [2.75, 3.05) is 19.6 Å². The average molecular weight is 362 g/mol. The van der Waals surface area contributed by atoms with E-state index >= 15 is 0 Å². The number of benzene rings is 1. The molecule has 1 saturated heterocycles. The minimum Gasteiger partial charge on any atom is -0.355 e. The fraction of sp³-hybridized carbons (Fsp3) is 0.500. The molecule has 134 valence electrons. The Morgan fingerprint density at radius 2 is 2.04 bits per heavy atom. The van der Waals surface area contributed by atoms with Crippen LogP contribution in [-0.4, -0.2) is 37.5 Å². The highest BCUT2D eigenvalue weighted by molar-refractivity contribution is 5.94. The van der Waals surface area contributed by atoms with E-state index in [4.69, 9.17) is 0 Å². The molecule has 1 aliphatic heterocycles. The van der Waals surface area contributed by atoms with E-state index < -0.39 is 17.5 Å². The van der Waals surface area contributed by atoms with Gasteiger partial charge in [-0.3, -0.25) is 9.59 Å². The van der Waals surface area contributed by atoms with Crippen molar-refractivity contribution in [3.63, 3.8) is 0 Å². The van der Waals surface area contributed by atoms with Gasteiger partial charge >= 0.3 is 0 Å². The number of carbonyl (C=O) groups excluding carboxylic acids is 2. The fourth-order valence-electron chi connectivity index (χ4n) is 2.48. The van der Waals surface area contributed by atoms with Gasteiger partial charge in [0.1, 0.15) is 11.6 Å². The van der Waals surface area contributed by atoms with E-state index in [2.05, 4.69) is 16.0 Å². The van der Waals surface area contributed by atoms with Crippen molar-refractivity contribution in [3.05, 3.63) is 35.4 Å². The Kier molecular flexibility index (Phi) is 8.63. The van der Waals surface area contributed by atoms with Crippen molar-refractivity contribution < 1.29 is 18.4 Å². The van der Waals surface area contributed by atoms with Gasteiger partial charge in [-0.25, -0.2) is 8.78 Å². The summed E-state index contributed by atoms with van der Waals surface area (Å²) in [6.07, 6.45) is 2.95. The minimum atomic E-state index is -0.899. The Morgan fingerprint density at radius 3 is 2.71 bits per heavy atom. The van der Waals surface area contributed by atoms with Gasteiger partial charge in [0, 0.05) is 31.6 Å². The molecule has 0 bridgehead atoms. The predicted octanol–water partition coefficient (Wildman–Crippen LogP) is 1.76. The lowest BCUT2D eigenvalue weighted by atomic mass is 10.2. The van der Waals surface area contributed by atoms with Crippen LogP contribution in [0.15, 0.2) is 18.2 Å². The second-order valence-electron chi connectivity index (χ2n) is 5.58. The van der Waals surface area contributed by atoms with Gasteiger partial charge in [-0.2, -0.15) is 0 Å². The Balaban J connectivity index is 0.00000288. The molecule has 1 unspecified atom stereocenters. The number of rotatable bonds is 7. The smallest absolute Gasteiger partial charge is 0.254 e. The zero-order valence-corrected chi connectivity index (χ0v) is 14.1. The van der Waals surface area contributed by atoms with Crippen molar-refractivity contribution in [2.45, 2.75) is 31.7 Å². The maximum Gasteiger partial charge on any atom is 0.254 e. The van der Waals surface area contributed by atoms with E-state index in [0.29, 0.717) is 31.5 Å². The summed E-state index contributed by atoms with van der Waals surface area (Å²) in [4.78, 5) is 23.4. The Hall–Kier alpha value is -1.73. The molecule has 2 amide bonds. The molecule has 3 N–H and O–H groups in total. The summed E-state index contributed by atoms with van der Waals surface area (Å²) >= 11 is 0. The maximum absolute atomic E-state index is 13.4. The van der Waals surface area contributed by atoms with Crippen LogP contribution in [0.25, 0.3) is 0 Å². The van der Waals surface area contributed by atoms with Crippen LogP contribution < -0.4 is 16.0 Å². The number of amides is 2. The van der Waals surface area contributed by atoms with Crippen LogP contribution in [-0.2, 0) is 4.79 Å². The third-order valence-electron chi connectivity index (χ3n) is 3.75. The molecule has 1 aromatic rings. The van der Waals surface area contributed by atoms with Gasteiger partial charge in [-0.05, 0) is 37.9 Å². The molecule has 0 aliphatic carbocycles. The number of halogens is 3. The molecule has 8 heteroatoms. The van der Waals surface area contributed by atoms with Crippen LogP contribution in [0.5, 0.6) is 0 Å². The van der Waals surface area contributed by atoms with E-state index in [9.17, 15) is 18.4 Å². The number of hydrogen-bond donors (Lipinski definition) is 3. The van der Waals surface area contributed by atoms with Crippen LogP contribution in [0.4, 0.5) is 8.78 Å². The van der Waals surface area contributed by atoms with Crippen LogP contribution in [0, 0.1) is 11.6 Å². The number of carbonyl (C=O) groups is 2. The quantitative estimate of drug-likeness (QED) is 0.648. The highest BCUT2D eigenvalue weighted by Gasteiger charge is 2.15. The first kappa shape index (κ1) is 20.3. The summed E-state index contributed by atoms with van der Waals surface area (Å²) in [6.45, 7) is 1.86. The maximum atomic E-state index is 13.4. The van der Waals surface area contributed by atoms with Crippen LogP contribution in [0.3, 0.4) is 0 Å². The third kappa shape index (κ3) is 6.41. The zero-order chi connectivity index (χ0) is 16.7. The van der Waals surface area contributed by atoms with Crippen molar-refractivity contribution in [2.24, 2.45) is 0 Å². The lowest BCUT2D eigenvalue weighted by Crippen LogP contribution is -2.37. The van der Waals surface area contributed by atoms with Crippen molar-refractivity contribution in [3.8, 4) is 0 Å². The second kappa shape index (κ2) is 10.2. The summed E-state index contributed by atoms with van der Waals surface area (Å²) in [5.74, 6) is -2.31. The molecule has 0 aromatic heterocycles. The standard InChI is InChI=1S/C16H21F2N3O2.ClH/c17-11-5-6-13(14(18)9-11)16(23)20-8-2-4-15(22)21-10-12-3-1-7-19-12;/h5-6,9,12,19H,1-4,7-8,10H2,(H,20,23)(H,21,22);1H. The summed E-state index contributed by atoms with van der Waals surface area (Å²) in [5.41, 5.74) is -0.205. The molecule has 1 fully saturated rings. The molecule has 1 aliphatic rings. The second-order valence-corrected chi connectivity index (χ2v) is 5.58. The number of hydrogen-bond acceptors (Lipinski definition) is 3. The molecule has 5 nitrogen and oxygen atoms in total. The van der Waals surface area contributed by atoms with Crippen LogP contribution in [0.1, 0.15) is 36.0 Å². The SMILES string of the molecule is Cl.O=C(CCCNC(=O)c1ccc(F)cc1F)NCC1CCCN1. The van der Waals surface area contributed by atoms with Gasteiger partial charge in [0.25, 0.3) is 5.91 Å². The van der Waals surface area contributed by atoms with E-state index in [1.807, 2.05) is 0 Å². The van der Waals surface area contributed by atoms with Crippen molar-refractivity contribution in [1.82, 2.24) is 16.0 Å². The van der Waals surface area contributed by atoms with Gasteiger partial charge in [-0.1, -0.05) is 0 Å². The summed E-state index contributed by atoms with van der Waals surface area (Å²) in [5, 5.41) is 8.65. The van der Waals surface area contributed by atoms with Gasteiger partial charge in [0.15, 0.2) is 0 Å². The zero-order valence-electron chi connectivity index (χ0n) is 13.2. The first-order valence-electron chi connectivity index (χ1n) is 7.79. The molecular weight excluding hydrogens is 340 g/mol. The van der Waals surface area contributed by atoms with E-state index in [-0.39, 0.29) is 30.4 Å². The summed E-state index contributed by atoms with van der Waals surface area (Å²) in [6, 6.07) is 3.14. The predicted molar refractivity (Wildman–Crippen MR) is 89.2 cm³/mol. The summed E-state index contributed by atoms with van der Waals surface area (Å²) < 4.78 is 26.2. The van der Waals surface area contributed by atoms with E-state index in [1.165, 1.54) is 0 Å². The third-order valence-corrected chi connectivity index (χ3v) is 3.75. The molecular formula is C16H22ClF2N3O2. The average Bonchev–Trinajstić information content (AvgIpc) is 3.02. The highest BCUT2D eigenvalue weighted by atomic mass is 35.5. The lowest BCUT2D eigenvalue weighted by molar-refractivity contribution is -0.121. The van der Waals surface area contributed by atoms with E-state index in [0.717, 1.165) is 31.5 Å². The molecule has 2 rings (SSSR count). The van der Waals surface area contributed by atoms with Crippen LogP contribution >= 0.6 is 12.4 Å². The molecule has 0 saturated carbocycles. The van der Waals surface area contributed by atoms with E-state index in [1.54, 1.807) is 0 Å². The minimum absolute atomic E-state index is 0. The van der Waals surface area contributed by atoms with Gasteiger partial charge in [0.2, 0.25) is 5.91 Å². The monoisotopic (exact) mass is 361 g/mol. The molecule has 1 heterocycles. The Morgan fingerprint density at radius 1 is 1.25 bits per heavy atom. The molecule has 24 heavy (non-hydrogen) atoms. The van der Waals surface area contributed by atoms with Gasteiger partial charge in [-0.15, -0.1) is 12.4 Å². The molecule has 1 atom stereocenters. The first-order chi connectivity index (χ1) is 11.1. The van der Waals surface area contributed by atoms with Gasteiger partial charge in [0.05, 0.1) is 5.56 Å². The van der Waals surface area contributed by atoms with Crippen molar-refractivity contribution >= 4 is 24.2 Å². The fourth-order valence-corrected chi connectivity index (χ4v) is 2.48. The summed E-state index contributed by atoms with van der Waals surface area (Å²) in [7, 11) is 0. The topological polar surface area (TPSA) is 70.2 Å². The normalized spacial score (nSPS) is 16.3. The molecule has 0 spiro atoms.